The molecular weight excluding hydrogens is 298 g/mol. The molecule has 1 atom stereocenters. The molecule has 0 spiro atoms. The quantitative estimate of drug-likeness (QED) is 0.852. The molecule has 0 heterocycles. The summed E-state index contributed by atoms with van der Waals surface area (Å²) < 4.78 is 0. The standard InChI is InChI=1S/C21H21NO2/c1-24-22-20(23)16-19-14-8-9-15-21(19,17-10-4-2-5-11-17)18-12-6-3-7-13-18/h2-15,19H,16H2,1H3,(H,22,23). The maximum Gasteiger partial charge on any atom is 0.244 e. The lowest BCUT2D eigenvalue weighted by Gasteiger charge is -2.39. The minimum Gasteiger partial charge on any atom is -0.277 e. The van der Waals surface area contributed by atoms with E-state index >= 15 is 0 Å². The van der Waals surface area contributed by atoms with Crippen LogP contribution in [0.3, 0.4) is 0 Å². The third-order valence-corrected chi connectivity index (χ3v) is 4.52. The fourth-order valence-electron chi connectivity index (χ4n) is 3.48. The lowest BCUT2D eigenvalue weighted by molar-refractivity contribution is -0.132. The number of allylic oxidation sites excluding steroid dienone is 4. The highest BCUT2D eigenvalue weighted by molar-refractivity contribution is 5.76. The molecule has 0 saturated carbocycles. The SMILES string of the molecule is CONC(=O)CC1C=CC=CC1(c1ccccc1)c1ccccc1. The fraction of sp³-hybridized carbons (Fsp3) is 0.190. The Morgan fingerprint density at radius 3 is 2.12 bits per heavy atom. The molecule has 1 amide bonds. The van der Waals surface area contributed by atoms with Crippen molar-refractivity contribution in [2.24, 2.45) is 5.92 Å². The Morgan fingerprint density at radius 2 is 1.58 bits per heavy atom. The zero-order valence-electron chi connectivity index (χ0n) is 13.7. The van der Waals surface area contributed by atoms with E-state index in [1.165, 1.54) is 18.2 Å². The van der Waals surface area contributed by atoms with Crippen molar-refractivity contribution in [2.75, 3.05) is 7.11 Å². The first-order chi connectivity index (χ1) is 11.8. The number of benzene rings is 2. The third kappa shape index (κ3) is 3.03. The van der Waals surface area contributed by atoms with Crippen LogP contribution in [0, 0.1) is 5.92 Å². The monoisotopic (exact) mass is 319 g/mol. The number of hydrogen-bond donors (Lipinski definition) is 1. The smallest absolute Gasteiger partial charge is 0.244 e. The highest BCUT2D eigenvalue weighted by Crippen LogP contribution is 2.44. The summed E-state index contributed by atoms with van der Waals surface area (Å²) in [4.78, 5) is 17.0. The number of rotatable bonds is 5. The minimum absolute atomic E-state index is 0.00227. The molecule has 122 valence electrons. The molecule has 0 aliphatic heterocycles. The molecule has 1 aliphatic carbocycles. The summed E-state index contributed by atoms with van der Waals surface area (Å²) in [7, 11) is 1.45. The van der Waals surface area contributed by atoms with E-state index in [1.54, 1.807) is 0 Å². The summed E-state index contributed by atoms with van der Waals surface area (Å²) in [6.45, 7) is 0. The summed E-state index contributed by atoms with van der Waals surface area (Å²) in [5.74, 6) is -0.124. The summed E-state index contributed by atoms with van der Waals surface area (Å²) in [6.07, 6.45) is 8.72. The van der Waals surface area contributed by atoms with E-state index in [0.29, 0.717) is 6.42 Å². The molecule has 1 aliphatic rings. The zero-order valence-corrected chi connectivity index (χ0v) is 13.7. The average Bonchev–Trinajstić information content (AvgIpc) is 2.64. The van der Waals surface area contributed by atoms with Crippen LogP contribution >= 0.6 is 0 Å². The second kappa shape index (κ2) is 7.28. The van der Waals surface area contributed by atoms with Crippen molar-refractivity contribution < 1.29 is 9.63 Å². The second-order valence-corrected chi connectivity index (χ2v) is 5.89. The van der Waals surface area contributed by atoms with Crippen molar-refractivity contribution in [2.45, 2.75) is 11.8 Å². The number of amides is 1. The molecule has 0 fully saturated rings. The van der Waals surface area contributed by atoms with E-state index in [-0.39, 0.29) is 17.2 Å². The number of nitrogens with one attached hydrogen (secondary N) is 1. The van der Waals surface area contributed by atoms with Crippen LogP contribution in [0.25, 0.3) is 0 Å². The first kappa shape index (κ1) is 16.2. The van der Waals surface area contributed by atoms with Crippen LogP contribution < -0.4 is 5.48 Å². The van der Waals surface area contributed by atoms with Gasteiger partial charge in [0.15, 0.2) is 0 Å². The van der Waals surface area contributed by atoms with Crippen LogP contribution in [0.15, 0.2) is 85.0 Å². The van der Waals surface area contributed by atoms with Gasteiger partial charge in [-0.2, -0.15) is 0 Å². The van der Waals surface area contributed by atoms with Crippen LogP contribution in [0.2, 0.25) is 0 Å². The van der Waals surface area contributed by atoms with Gasteiger partial charge in [0.25, 0.3) is 0 Å². The Morgan fingerprint density at radius 1 is 1.00 bits per heavy atom. The van der Waals surface area contributed by atoms with Crippen molar-refractivity contribution >= 4 is 5.91 Å². The molecule has 2 aromatic carbocycles. The molecule has 24 heavy (non-hydrogen) atoms. The van der Waals surface area contributed by atoms with E-state index in [1.807, 2.05) is 42.5 Å². The largest absolute Gasteiger partial charge is 0.277 e. The molecule has 0 saturated heterocycles. The lowest BCUT2D eigenvalue weighted by Crippen LogP contribution is -2.38. The molecule has 0 radical (unpaired) electrons. The van der Waals surface area contributed by atoms with Crippen molar-refractivity contribution in [3.8, 4) is 0 Å². The van der Waals surface area contributed by atoms with Gasteiger partial charge in [0.05, 0.1) is 7.11 Å². The lowest BCUT2D eigenvalue weighted by atomic mass is 9.63. The maximum atomic E-state index is 12.2. The van der Waals surface area contributed by atoms with Gasteiger partial charge in [-0.3, -0.25) is 9.63 Å². The van der Waals surface area contributed by atoms with E-state index in [4.69, 9.17) is 4.84 Å². The predicted octanol–water partition coefficient (Wildman–Crippen LogP) is 3.78. The van der Waals surface area contributed by atoms with Crippen LogP contribution in [-0.2, 0) is 15.0 Å². The van der Waals surface area contributed by atoms with Crippen LogP contribution in [-0.4, -0.2) is 13.0 Å². The molecule has 2 aromatic rings. The van der Waals surface area contributed by atoms with Gasteiger partial charge in [0.2, 0.25) is 5.91 Å². The Kier molecular flexibility index (Phi) is 4.92. The first-order valence-electron chi connectivity index (χ1n) is 8.06. The molecule has 1 N–H and O–H groups in total. The maximum absolute atomic E-state index is 12.2. The molecule has 3 rings (SSSR count). The highest BCUT2D eigenvalue weighted by atomic mass is 16.6. The molecule has 0 bridgehead atoms. The molecule has 1 unspecified atom stereocenters. The Balaban J connectivity index is 2.11. The normalized spacial score (nSPS) is 18.3. The number of hydroxylamine groups is 1. The second-order valence-electron chi connectivity index (χ2n) is 5.89. The minimum atomic E-state index is -0.373. The summed E-state index contributed by atoms with van der Waals surface area (Å²) in [5.41, 5.74) is 4.41. The van der Waals surface area contributed by atoms with Gasteiger partial charge in [0.1, 0.15) is 0 Å². The topological polar surface area (TPSA) is 38.3 Å². The van der Waals surface area contributed by atoms with Gasteiger partial charge in [-0.25, -0.2) is 5.48 Å². The zero-order chi connectivity index (χ0) is 16.8. The van der Waals surface area contributed by atoms with E-state index < -0.39 is 0 Å². The molecule has 3 heteroatoms. The van der Waals surface area contributed by atoms with Crippen molar-refractivity contribution in [3.63, 3.8) is 0 Å². The third-order valence-electron chi connectivity index (χ3n) is 4.52. The average molecular weight is 319 g/mol. The van der Waals surface area contributed by atoms with E-state index in [9.17, 15) is 4.79 Å². The van der Waals surface area contributed by atoms with Gasteiger partial charge in [-0.1, -0.05) is 85.0 Å². The van der Waals surface area contributed by atoms with Gasteiger partial charge < -0.3 is 0 Å². The van der Waals surface area contributed by atoms with E-state index in [2.05, 4.69) is 48.0 Å². The van der Waals surface area contributed by atoms with Crippen molar-refractivity contribution in [3.05, 3.63) is 96.1 Å². The Labute approximate surface area is 142 Å². The van der Waals surface area contributed by atoms with Crippen LogP contribution in [0.5, 0.6) is 0 Å². The highest BCUT2D eigenvalue weighted by Gasteiger charge is 2.40. The summed E-state index contributed by atoms with van der Waals surface area (Å²) in [6, 6.07) is 20.7. The van der Waals surface area contributed by atoms with E-state index in [0.717, 1.165) is 0 Å². The van der Waals surface area contributed by atoms with Crippen molar-refractivity contribution in [1.82, 2.24) is 5.48 Å². The van der Waals surface area contributed by atoms with Crippen molar-refractivity contribution in [1.29, 1.82) is 0 Å². The van der Waals surface area contributed by atoms with Gasteiger partial charge in [-0.15, -0.1) is 0 Å². The summed E-state index contributed by atoms with van der Waals surface area (Å²) >= 11 is 0. The summed E-state index contributed by atoms with van der Waals surface area (Å²) in [5, 5.41) is 0. The Hall–Kier alpha value is -2.65. The van der Waals surface area contributed by atoms with Gasteiger partial charge in [0, 0.05) is 17.8 Å². The van der Waals surface area contributed by atoms with Gasteiger partial charge >= 0.3 is 0 Å². The Bertz CT molecular complexity index is 695. The van der Waals surface area contributed by atoms with Crippen LogP contribution in [0.4, 0.5) is 0 Å². The number of carbonyl (C=O) groups excluding carboxylic acids is 1. The number of hydrogen-bond acceptors (Lipinski definition) is 2. The molecular formula is C21H21NO2. The first-order valence-corrected chi connectivity index (χ1v) is 8.06. The van der Waals surface area contributed by atoms with Gasteiger partial charge in [-0.05, 0) is 11.1 Å². The fourth-order valence-corrected chi connectivity index (χ4v) is 3.48. The molecule has 0 aromatic heterocycles. The number of carbonyl (C=O) groups is 1. The molecule has 3 nitrogen and oxygen atoms in total. The predicted molar refractivity (Wildman–Crippen MR) is 95.2 cm³/mol. The van der Waals surface area contributed by atoms with Crippen LogP contribution in [0.1, 0.15) is 17.5 Å².